The number of rotatable bonds is 7. The zero-order valence-corrected chi connectivity index (χ0v) is 17.1. The van der Waals surface area contributed by atoms with Gasteiger partial charge in [0.2, 0.25) is 0 Å². The summed E-state index contributed by atoms with van der Waals surface area (Å²) in [5.41, 5.74) is 2.65. The molecule has 6 heteroatoms. The van der Waals surface area contributed by atoms with Gasteiger partial charge in [0, 0.05) is 12.1 Å². The molecule has 0 bridgehead atoms. The van der Waals surface area contributed by atoms with E-state index in [1.165, 1.54) is 25.5 Å². The molecule has 3 rings (SSSR count). The first kappa shape index (κ1) is 20.3. The van der Waals surface area contributed by atoms with Gasteiger partial charge in [-0.3, -0.25) is 4.90 Å². The fourth-order valence-electron chi connectivity index (χ4n) is 3.50. The highest BCUT2D eigenvalue weighted by molar-refractivity contribution is 7.80. The summed E-state index contributed by atoms with van der Waals surface area (Å²) in [6.07, 6.45) is 2.46. The summed E-state index contributed by atoms with van der Waals surface area (Å²) in [5.74, 6) is 0.511. The third-order valence-electron chi connectivity index (χ3n) is 5.11. The summed E-state index contributed by atoms with van der Waals surface area (Å²) in [4.78, 5) is 14.7. The van der Waals surface area contributed by atoms with Gasteiger partial charge in [-0.2, -0.15) is 0 Å². The second-order valence-corrected chi connectivity index (χ2v) is 7.22. The fourth-order valence-corrected chi connectivity index (χ4v) is 3.72. The Labute approximate surface area is 171 Å². The number of thiocarbonyl (C=S) groups is 1. The van der Waals surface area contributed by atoms with Crippen LogP contribution in [-0.4, -0.2) is 49.7 Å². The van der Waals surface area contributed by atoms with Gasteiger partial charge in [0.1, 0.15) is 10.7 Å². The van der Waals surface area contributed by atoms with Crippen molar-refractivity contribution in [3.05, 3.63) is 65.2 Å². The van der Waals surface area contributed by atoms with Crippen molar-refractivity contribution in [1.29, 1.82) is 0 Å². The monoisotopic (exact) mass is 398 g/mol. The lowest BCUT2D eigenvalue weighted by molar-refractivity contribution is 0.0600. The summed E-state index contributed by atoms with van der Waals surface area (Å²) < 4.78 is 10.0. The SMILES string of the molecule is COC(=O)c1ccc(C(=S)NCC(c2ccc(OC)cc2)N2CCCC2)cc1. The van der Waals surface area contributed by atoms with Gasteiger partial charge < -0.3 is 14.8 Å². The molecule has 1 heterocycles. The number of methoxy groups -OCH3 is 2. The maximum atomic E-state index is 11.6. The number of hydrogen-bond donors (Lipinski definition) is 1. The van der Waals surface area contributed by atoms with Crippen molar-refractivity contribution < 1.29 is 14.3 Å². The second-order valence-electron chi connectivity index (χ2n) is 6.81. The Bertz CT molecular complexity index is 800. The van der Waals surface area contributed by atoms with Crippen LogP contribution in [0.25, 0.3) is 0 Å². The molecule has 2 aromatic carbocycles. The van der Waals surface area contributed by atoms with Crippen molar-refractivity contribution in [3.63, 3.8) is 0 Å². The molecule has 2 aromatic rings. The average Bonchev–Trinajstić information content (AvgIpc) is 3.28. The highest BCUT2D eigenvalue weighted by atomic mass is 32.1. The molecular weight excluding hydrogens is 372 g/mol. The molecule has 0 saturated carbocycles. The predicted octanol–water partition coefficient (Wildman–Crippen LogP) is 3.58. The quantitative estimate of drug-likeness (QED) is 0.568. The van der Waals surface area contributed by atoms with Gasteiger partial charge in [-0.05, 0) is 55.8 Å². The summed E-state index contributed by atoms with van der Waals surface area (Å²) >= 11 is 5.57. The minimum Gasteiger partial charge on any atom is -0.497 e. The van der Waals surface area contributed by atoms with Crippen LogP contribution >= 0.6 is 12.2 Å². The Balaban J connectivity index is 1.68. The number of benzene rings is 2. The van der Waals surface area contributed by atoms with Crippen molar-refractivity contribution in [3.8, 4) is 5.75 Å². The van der Waals surface area contributed by atoms with Crippen LogP contribution in [0.1, 0.15) is 40.4 Å². The van der Waals surface area contributed by atoms with Gasteiger partial charge in [0.05, 0.1) is 25.8 Å². The highest BCUT2D eigenvalue weighted by Crippen LogP contribution is 2.26. The first-order valence-corrected chi connectivity index (χ1v) is 9.88. The van der Waals surface area contributed by atoms with E-state index >= 15 is 0 Å². The molecule has 0 radical (unpaired) electrons. The molecule has 5 nitrogen and oxygen atoms in total. The van der Waals surface area contributed by atoms with Crippen molar-refractivity contribution in [2.75, 3.05) is 33.9 Å². The van der Waals surface area contributed by atoms with Gasteiger partial charge in [-0.15, -0.1) is 0 Å². The first-order chi connectivity index (χ1) is 13.6. The molecule has 0 aromatic heterocycles. The molecule has 1 saturated heterocycles. The third-order valence-corrected chi connectivity index (χ3v) is 5.49. The van der Waals surface area contributed by atoms with E-state index in [2.05, 4.69) is 22.3 Å². The molecule has 1 aliphatic heterocycles. The van der Waals surface area contributed by atoms with Gasteiger partial charge >= 0.3 is 5.97 Å². The molecular formula is C22H26N2O3S. The van der Waals surface area contributed by atoms with E-state index in [-0.39, 0.29) is 12.0 Å². The lowest BCUT2D eigenvalue weighted by Crippen LogP contribution is -2.36. The van der Waals surface area contributed by atoms with E-state index in [1.54, 1.807) is 19.2 Å². The molecule has 0 aliphatic carbocycles. The minimum atomic E-state index is -0.348. The zero-order chi connectivity index (χ0) is 19.9. The molecule has 148 valence electrons. The normalized spacial score (nSPS) is 15.1. The number of likely N-dealkylation sites (tertiary alicyclic amines) is 1. The number of carbonyl (C=O) groups is 1. The van der Waals surface area contributed by atoms with Crippen LogP contribution in [0.3, 0.4) is 0 Å². The molecule has 1 unspecified atom stereocenters. The fraction of sp³-hybridized carbons (Fsp3) is 0.364. The van der Waals surface area contributed by atoms with Gasteiger partial charge in [-0.25, -0.2) is 4.79 Å². The van der Waals surface area contributed by atoms with E-state index in [4.69, 9.17) is 21.7 Å². The number of nitrogens with zero attached hydrogens (tertiary/aromatic N) is 1. The minimum absolute atomic E-state index is 0.251. The molecule has 1 atom stereocenters. The third kappa shape index (κ3) is 4.88. The van der Waals surface area contributed by atoms with Gasteiger partial charge in [-0.1, -0.05) is 36.5 Å². The van der Waals surface area contributed by atoms with Crippen LogP contribution in [0.2, 0.25) is 0 Å². The molecule has 1 N–H and O–H groups in total. The molecule has 28 heavy (non-hydrogen) atoms. The van der Waals surface area contributed by atoms with E-state index < -0.39 is 0 Å². The van der Waals surface area contributed by atoms with Gasteiger partial charge in [0.25, 0.3) is 0 Å². The Morgan fingerprint density at radius 2 is 1.64 bits per heavy atom. The van der Waals surface area contributed by atoms with E-state index in [1.807, 2.05) is 24.3 Å². The van der Waals surface area contributed by atoms with Crippen LogP contribution in [-0.2, 0) is 4.74 Å². The van der Waals surface area contributed by atoms with E-state index in [9.17, 15) is 4.79 Å². The Morgan fingerprint density at radius 3 is 2.21 bits per heavy atom. The molecule has 1 aliphatic rings. The predicted molar refractivity (Wildman–Crippen MR) is 114 cm³/mol. The largest absolute Gasteiger partial charge is 0.497 e. The number of carbonyl (C=O) groups excluding carboxylic acids is 1. The van der Waals surface area contributed by atoms with E-state index in [0.29, 0.717) is 10.6 Å². The van der Waals surface area contributed by atoms with Gasteiger partial charge in [0.15, 0.2) is 0 Å². The average molecular weight is 399 g/mol. The van der Waals surface area contributed by atoms with Crippen molar-refractivity contribution >= 4 is 23.2 Å². The lowest BCUT2D eigenvalue weighted by atomic mass is 10.0. The molecule has 1 fully saturated rings. The smallest absolute Gasteiger partial charge is 0.337 e. The Morgan fingerprint density at radius 1 is 1.04 bits per heavy atom. The summed E-state index contributed by atoms with van der Waals surface area (Å²) in [5, 5.41) is 3.41. The molecule has 0 amide bonds. The highest BCUT2D eigenvalue weighted by Gasteiger charge is 2.23. The number of esters is 1. The van der Waals surface area contributed by atoms with Crippen LogP contribution in [0.4, 0.5) is 0 Å². The maximum Gasteiger partial charge on any atom is 0.337 e. The molecule has 0 spiro atoms. The van der Waals surface area contributed by atoms with Crippen LogP contribution in [0, 0.1) is 0 Å². The standard InChI is InChI=1S/C22H26N2O3S/c1-26-19-11-9-16(10-12-19)20(24-13-3-4-14-24)15-23-21(28)17-5-7-18(8-6-17)22(25)27-2/h5-12,20H,3-4,13-15H2,1-2H3,(H,23,28). The van der Waals surface area contributed by atoms with E-state index in [0.717, 1.165) is 30.9 Å². The number of nitrogens with one attached hydrogen (secondary N) is 1. The van der Waals surface area contributed by atoms with Crippen molar-refractivity contribution in [2.24, 2.45) is 0 Å². The summed E-state index contributed by atoms with van der Waals surface area (Å²) in [7, 11) is 3.05. The summed E-state index contributed by atoms with van der Waals surface area (Å²) in [6.45, 7) is 2.92. The Hall–Kier alpha value is -2.44. The van der Waals surface area contributed by atoms with Crippen LogP contribution in [0.5, 0.6) is 5.75 Å². The topological polar surface area (TPSA) is 50.8 Å². The first-order valence-electron chi connectivity index (χ1n) is 9.47. The summed E-state index contributed by atoms with van der Waals surface area (Å²) in [6, 6.07) is 15.7. The van der Waals surface area contributed by atoms with Crippen LogP contribution < -0.4 is 10.1 Å². The maximum absolute atomic E-state index is 11.6. The van der Waals surface area contributed by atoms with Crippen LogP contribution in [0.15, 0.2) is 48.5 Å². The number of ether oxygens (including phenoxy) is 2. The second kappa shape index (κ2) is 9.66. The van der Waals surface area contributed by atoms with Crippen molar-refractivity contribution in [2.45, 2.75) is 18.9 Å². The van der Waals surface area contributed by atoms with Crippen molar-refractivity contribution in [1.82, 2.24) is 10.2 Å². The zero-order valence-electron chi connectivity index (χ0n) is 16.3. The number of hydrogen-bond acceptors (Lipinski definition) is 5. The Kier molecular flexibility index (Phi) is 7.01. The lowest BCUT2D eigenvalue weighted by Gasteiger charge is -2.29.